The van der Waals surface area contributed by atoms with Crippen molar-refractivity contribution in [3.8, 4) is 17.6 Å². The van der Waals surface area contributed by atoms with Crippen molar-refractivity contribution >= 4 is 10.9 Å². The number of benzene rings is 1. The monoisotopic (exact) mass is 331 g/mol. The Morgan fingerprint density at radius 1 is 1.33 bits per heavy atom. The Morgan fingerprint density at radius 2 is 2.00 bits per heavy atom. The normalized spacial score (nSPS) is 13.3. The van der Waals surface area contributed by atoms with E-state index in [1.54, 1.807) is 19.2 Å². The quantitative estimate of drug-likeness (QED) is 0.771. The highest BCUT2D eigenvalue weighted by molar-refractivity contribution is 5.81. The maximum Gasteiger partial charge on any atom is 0.259 e. The summed E-state index contributed by atoms with van der Waals surface area (Å²) < 4.78 is 10.5. The number of nitriles is 1. The first-order valence-corrected chi connectivity index (χ1v) is 7.90. The van der Waals surface area contributed by atoms with E-state index in [-0.39, 0.29) is 11.5 Å². The maximum atomic E-state index is 12.4. The van der Waals surface area contributed by atoms with Crippen LogP contribution in [0.4, 0.5) is 0 Å². The molecule has 0 spiro atoms. The van der Waals surface area contributed by atoms with Gasteiger partial charge in [0, 0.05) is 6.07 Å². The van der Waals surface area contributed by atoms with Gasteiger partial charge in [0.15, 0.2) is 17.3 Å². The van der Waals surface area contributed by atoms with Crippen molar-refractivity contribution in [2.24, 2.45) is 5.92 Å². The summed E-state index contributed by atoms with van der Waals surface area (Å²) in [4.78, 5) is 20.9. The van der Waals surface area contributed by atoms with Crippen LogP contribution in [0.15, 0.2) is 16.9 Å². The van der Waals surface area contributed by atoms with Crippen molar-refractivity contribution in [1.29, 1.82) is 5.26 Å². The number of hydrogen-bond donors (Lipinski definition) is 2. The summed E-state index contributed by atoms with van der Waals surface area (Å²) in [5.74, 6) is 1.58. The molecule has 0 bridgehead atoms. The first-order valence-electron chi connectivity index (χ1n) is 7.90. The lowest BCUT2D eigenvalue weighted by atomic mass is 10.2. The molecule has 2 N–H and O–H groups in total. The number of nitrogens with one attached hydrogen (secondary N) is 2. The van der Waals surface area contributed by atoms with Gasteiger partial charge in [-0.2, -0.15) is 5.26 Å². The highest BCUT2D eigenvalue weighted by Gasteiger charge is 2.16. The van der Waals surface area contributed by atoms with Gasteiger partial charge in [-0.25, -0.2) is 4.98 Å². The average Bonchev–Trinajstić information content (AvgIpc) is 2.59. The predicted molar refractivity (Wildman–Crippen MR) is 90.3 cm³/mol. The Labute approximate surface area is 140 Å². The van der Waals surface area contributed by atoms with Crippen molar-refractivity contribution in [2.45, 2.75) is 20.4 Å². The van der Waals surface area contributed by atoms with E-state index in [1.807, 2.05) is 13.8 Å². The first-order chi connectivity index (χ1) is 11.5. The lowest BCUT2D eigenvalue weighted by molar-refractivity contribution is -0.915. The van der Waals surface area contributed by atoms with Gasteiger partial charge in [0.1, 0.15) is 6.54 Å². The third kappa shape index (κ3) is 3.84. The van der Waals surface area contributed by atoms with Crippen LogP contribution < -0.4 is 19.9 Å². The van der Waals surface area contributed by atoms with Crippen LogP contribution in [-0.2, 0) is 6.54 Å². The lowest BCUT2D eigenvalue weighted by Gasteiger charge is -2.18. The van der Waals surface area contributed by atoms with Crippen molar-refractivity contribution in [3.63, 3.8) is 0 Å². The molecule has 7 heteroatoms. The number of rotatable bonds is 7. The molecule has 0 saturated carbocycles. The Hall–Kier alpha value is -2.59. The maximum absolute atomic E-state index is 12.4. The average molecular weight is 331 g/mol. The fourth-order valence-electron chi connectivity index (χ4n) is 2.66. The predicted octanol–water partition coefficient (Wildman–Crippen LogP) is 0.505. The van der Waals surface area contributed by atoms with Crippen molar-refractivity contribution < 1.29 is 14.4 Å². The van der Waals surface area contributed by atoms with E-state index in [4.69, 9.17) is 14.7 Å². The molecule has 7 nitrogen and oxygen atoms in total. The molecule has 2 rings (SSSR count). The van der Waals surface area contributed by atoms with Crippen LogP contribution in [-0.4, -0.2) is 37.3 Å². The number of aromatic nitrogens is 2. The molecule has 2 aromatic rings. The van der Waals surface area contributed by atoms with E-state index in [0.29, 0.717) is 41.3 Å². The third-order valence-corrected chi connectivity index (χ3v) is 3.99. The first kappa shape index (κ1) is 17.8. The Kier molecular flexibility index (Phi) is 5.77. The van der Waals surface area contributed by atoms with Gasteiger partial charge in [0.2, 0.25) is 0 Å². The van der Waals surface area contributed by atoms with Crippen LogP contribution in [0.2, 0.25) is 0 Å². The summed E-state index contributed by atoms with van der Waals surface area (Å²) in [6, 6.07) is 5.58. The zero-order chi connectivity index (χ0) is 17.7. The fourth-order valence-corrected chi connectivity index (χ4v) is 2.66. The number of nitrogens with zero attached hydrogens (tertiary/aromatic N) is 2. The molecule has 24 heavy (non-hydrogen) atoms. The van der Waals surface area contributed by atoms with E-state index in [1.165, 1.54) is 12.0 Å². The standard InChI is InChI=1S/C17H22N4O3/c1-5-21(9-11(2)8-18)10-16-19-13-7-15(24-4)14(23-3)6-12(13)17(22)20-16/h6-7,11H,5,9-10H2,1-4H3,(H,19,20,22)/p+1/t11-/m1/s1. The second-order valence-corrected chi connectivity index (χ2v) is 5.75. The second kappa shape index (κ2) is 7.79. The Bertz CT molecular complexity index is 810. The molecule has 1 aromatic heterocycles. The van der Waals surface area contributed by atoms with Gasteiger partial charge in [0.25, 0.3) is 5.56 Å². The molecule has 1 aromatic carbocycles. The Balaban J connectivity index is 2.39. The Morgan fingerprint density at radius 3 is 2.58 bits per heavy atom. The molecule has 0 aliphatic heterocycles. The minimum Gasteiger partial charge on any atom is -0.493 e. The van der Waals surface area contributed by atoms with Crippen LogP contribution in [0, 0.1) is 17.2 Å². The largest absolute Gasteiger partial charge is 0.493 e. The minimum absolute atomic E-state index is 0.0449. The molecule has 0 saturated heterocycles. The smallest absolute Gasteiger partial charge is 0.259 e. The number of fused-ring (bicyclic) bond motifs is 1. The number of hydrogen-bond acceptors (Lipinski definition) is 5. The van der Waals surface area contributed by atoms with E-state index >= 15 is 0 Å². The molecule has 128 valence electrons. The van der Waals surface area contributed by atoms with E-state index < -0.39 is 0 Å². The van der Waals surface area contributed by atoms with E-state index in [0.717, 1.165) is 6.54 Å². The summed E-state index contributed by atoms with van der Waals surface area (Å²) in [5.41, 5.74) is 0.356. The van der Waals surface area contributed by atoms with Gasteiger partial charge < -0.3 is 19.4 Å². The summed E-state index contributed by atoms with van der Waals surface area (Å²) in [6.45, 7) is 6.05. The van der Waals surface area contributed by atoms with E-state index in [2.05, 4.69) is 16.0 Å². The SMILES string of the molecule is CC[NH+](Cc1nc2cc(OC)c(OC)cc2c(=O)[nH]1)C[C@H](C)C#N. The zero-order valence-corrected chi connectivity index (χ0v) is 14.5. The molecular formula is C17H23N4O3+. The van der Waals surface area contributed by atoms with E-state index in [9.17, 15) is 4.79 Å². The number of quaternary nitrogens is 1. The summed E-state index contributed by atoms with van der Waals surface area (Å²) in [5, 5.41) is 9.43. The van der Waals surface area contributed by atoms with Crippen LogP contribution >= 0.6 is 0 Å². The fraction of sp³-hybridized carbons (Fsp3) is 0.471. The van der Waals surface area contributed by atoms with Gasteiger partial charge in [-0.3, -0.25) is 4.79 Å². The van der Waals surface area contributed by atoms with Crippen LogP contribution in [0.1, 0.15) is 19.7 Å². The van der Waals surface area contributed by atoms with Gasteiger partial charge >= 0.3 is 0 Å². The highest BCUT2D eigenvalue weighted by atomic mass is 16.5. The number of ether oxygens (including phenoxy) is 2. The number of H-pyrrole nitrogens is 1. The highest BCUT2D eigenvalue weighted by Crippen LogP contribution is 2.29. The van der Waals surface area contributed by atoms with Crippen LogP contribution in [0.3, 0.4) is 0 Å². The summed E-state index contributed by atoms with van der Waals surface area (Å²) >= 11 is 0. The van der Waals surface area contributed by atoms with Crippen LogP contribution in [0.25, 0.3) is 10.9 Å². The van der Waals surface area contributed by atoms with Crippen molar-refractivity contribution in [1.82, 2.24) is 9.97 Å². The van der Waals surface area contributed by atoms with Crippen LogP contribution in [0.5, 0.6) is 11.5 Å². The minimum atomic E-state index is -0.209. The summed E-state index contributed by atoms with van der Waals surface area (Å²) in [6.07, 6.45) is 0. The van der Waals surface area contributed by atoms with Gasteiger partial charge in [-0.05, 0) is 19.9 Å². The van der Waals surface area contributed by atoms with Gasteiger partial charge in [-0.1, -0.05) is 0 Å². The molecular weight excluding hydrogens is 308 g/mol. The molecule has 0 amide bonds. The molecule has 1 heterocycles. The number of aromatic amines is 1. The molecule has 2 atom stereocenters. The molecule has 0 aliphatic rings. The molecule has 1 unspecified atom stereocenters. The van der Waals surface area contributed by atoms with Crippen molar-refractivity contribution in [2.75, 3.05) is 27.3 Å². The van der Waals surface area contributed by atoms with Gasteiger partial charge in [0.05, 0.1) is 50.2 Å². The molecule has 0 fully saturated rings. The topological polar surface area (TPSA) is 92.4 Å². The second-order valence-electron chi connectivity index (χ2n) is 5.75. The van der Waals surface area contributed by atoms with Gasteiger partial charge in [-0.15, -0.1) is 0 Å². The lowest BCUT2D eigenvalue weighted by Crippen LogP contribution is -3.11. The third-order valence-electron chi connectivity index (χ3n) is 3.99. The van der Waals surface area contributed by atoms with Crippen molar-refractivity contribution in [3.05, 3.63) is 28.3 Å². The summed E-state index contributed by atoms with van der Waals surface area (Å²) in [7, 11) is 3.07. The number of methoxy groups -OCH3 is 2. The molecule has 0 aliphatic carbocycles. The zero-order valence-electron chi connectivity index (χ0n) is 14.5. The molecule has 0 radical (unpaired) electrons.